The van der Waals surface area contributed by atoms with Crippen LogP contribution in [-0.4, -0.2) is 22.8 Å². The minimum absolute atomic E-state index is 0.473. The maximum atomic E-state index is 12.5. The first-order valence-corrected chi connectivity index (χ1v) is 8.39. The van der Waals surface area contributed by atoms with E-state index in [0.29, 0.717) is 12.8 Å². The van der Waals surface area contributed by atoms with Crippen molar-refractivity contribution in [2.24, 2.45) is 0 Å². The normalized spacial score (nSPS) is 15.3. The van der Waals surface area contributed by atoms with Gasteiger partial charge in [0.05, 0.1) is 11.2 Å². The molecule has 0 N–H and O–H groups in total. The molecule has 1 unspecified atom stereocenters. The Balaban J connectivity index is 4.99. The minimum atomic E-state index is -1.20. The summed E-state index contributed by atoms with van der Waals surface area (Å²) in [5.41, 5.74) is -2.31. The number of unbranched alkanes of at least 4 members (excludes halogenated alkanes) is 1. The lowest BCUT2D eigenvalue weighted by molar-refractivity contribution is -0.521. The zero-order valence-corrected chi connectivity index (χ0v) is 16.0. The Morgan fingerprint density at radius 2 is 1.35 bits per heavy atom. The fourth-order valence-electron chi connectivity index (χ4n) is 1.74. The molecule has 0 heterocycles. The summed E-state index contributed by atoms with van der Waals surface area (Å²) >= 11 is 0. The highest BCUT2D eigenvalue weighted by molar-refractivity contribution is 5.78. The van der Waals surface area contributed by atoms with E-state index in [0.717, 1.165) is 19.3 Å². The molecule has 0 fully saturated rings. The third kappa shape index (κ3) is 9.91. The van der Waals surface area contributed by atoms with Crippen molar-refractivity contribution in [2.75, 3.05) is 0 Å². The molecule has 0 aromatic carbocycles. The molecular formula is C17H34O6. The highest BCUT2D eigenvalue weighted by Crippen LogP contribution is 2.29. The van der Waals surface area contributed by atoms with E-state index in [1.807, 2.05) is 34.6 Å². The van der Waals surface area contributed by atoms with Crippen LogP contribution >= 0.6 is 0 Å². The van der Waals surface area contributed by atoms with Crippen LogP contribution in [0.3, 0.4) is 0 Å². The molecule has 6 nitrogen and oxygen atoms in total. The van der Waals surface area contributed by atoms with Gasteiger partial charge in [0, 0.05) is 0 Å². The second kappa shape index (κ2) is 9.57. The first kappa shape index (κ1) is 22.3. The predicted octanol–water partition coefficient (Wildman–Crippen LogP) is 4.67. The summed E-state index contributed by atoms with van der Waals surface area (Å²) in [6.45, 7) is 15.0. The van der Waals surface area contributed by atoms with Crippen LogP contribution < -0.4 is 0 Å². The third-order valence-corrected chi connectivity index (χ3v) is 2.80. The van der Waals surface area contributed by atoms with Crippen LogP contribution in [0.4, 0.5) is 0 Å². The van der Waals surface area contributed by atoms with Gasteiger partial charge in [-0.25, -0.2) is 14.6 Å². The van der Waals surface area contributed by atoms with Gasteiger partial charge >= 0.3 is 5.97 Å². The van der Waals surface area contributed by atoms with Crippen molar-refractivity contribution >= 4 is 5.97 Å². The molecule has 1 atom stereocenters. The number of carbonyl (C=O) groups excluding carboxylic acids is 1. The molecule has 0 amide bonds. The van der Waals surface area contributed by atoms with Crippen molar-refractivity contribution in [2.45, 2.75) is 104 Å². The van der Waals surface area contributed by atoms with Crippen molar-refractivity contribution in [3.05, 3.63) is 0 Å². The fourth-order valence-corrected chi connectivity index (χ4v) is 1.74. The van der Waals surface area contributed by atoms with Gasteiger partial charge < -0.3 is 0 Å². The maximum Gasteiger partial charge on any atom is 0.380 e. The first-order valence-electron chi connectivity index (χ1n) is 8.39. The van der Waals surface area contributed by atoms with Gasteiger partial charge in [-0.15, -0.1) is 0 Å². The molecule has 0 rings (SSSR count). The summed E-state index contributed by atoms with van der Waals surface area (Å²) in [5.74, 6) is -0.638. The molecule has 0 bridgehead atoms. The van der Waals surface area contributed by atoms with Crippen molar-refractivity contribution in [3.8, 4) is 0 Å². The lowest BCUT2D eigenvalue weighted by atomic mass is 9.92. The van der Waals surface area contributed by atoms with E-state index in [1.165, 1.54) is 0 Å². The van der Waals surface area contributed by atoms with Crippen molar-refractivity contribution in [1.29, 1.82) is 0 Å². The Morgan fingerprint density at radius 3 is 1.78 bits per heavy atom. The monoisotopic (exact) mass is 334 g/mol. The SMILES string of the molecule is CCCCC(CCC)(OOC(C)(C)C)C(=O)OOOC(C)(C)C. The lowest BCUT2D eigenvalue weighted by Gasteiger charge is -2.32. The molecule has 0 saturated carbocycles. The zero-order chi connectivity index (χ0) is 18.1. The molecule has 0 saturated heterocycles. The van der Waals surface area contributed by atoms with Gasteiger partial charge in [-0.1, -0.05) is 33.1 Å². The first-order chi connectivity index (χ1) is 10.5. The Morgan fingerprint density at radius 1 is 0.783 bits per heavy atom. The summed E-state index contributed by atoms with van der Waals surface area (Å²) in [4.78, 5) is 33.3. The molecule has 0 radical (unpaired) electrons. The van der Waals surface area contributed by atoms with Crippen molar-refractivity contribution in [1.82, 2.24) is 0 Å². The van der Waals surface area contributed by atoms with E-state index in [2.05, 4.69) is 5.04 Å². The number of carbonyl (C=O) groups is 1. The lowest BCUT2D eigenvalue weighted by Crippen LogP contribution is -2.45. The zero-order valence-electron chi connectivity index (χ0n) is 16.0. The Labute approximate surface area is 140 Å². The van der Waals surface area contributed by atoms with Crippen LogP contribution in [0.1, 0.15) is 87.5 Å². The Hall–Kier alpha value is -0.690. The summed E-state index contributed by atoms with van der Waals surface area (Å²) in [5, 5.41) is 4.64. The molecule has 23 heavy (non-hydrogen) atoms. The Bertz CT molecular complexity index is 342. The topological polar surface area (TPSA) is 63.2 Å². The molecular weight excluding hydrogens is 300 g/mol. The van der Waals surface area contributed by atoms with Gasteiger partial charge in [0.15, 0.2) is 0 Å². The van der Waals surface area contributed by atoms with Gasteiger partial charge in [0.25, 0.3) is 0 Å². The average Bonchev–Trinajstić information content (AvgIpc) is 2.39. The summed E-state index contributed by atoms with van der Waals surface area (Å²) in [6.07, 6.45) is 3.44. The van der Waals surface area contributed by atoms with Crippen LogP contribution in [0.5, 0.6) is 0 Å². The molecule has 0 aliphatic heterocycles. The van der Waals surface area contributed by atoms with E-state index in [-0.39, 0.29) is 0 Å². The standard InChI is InChI=1S/C17H34O6/c1-9-11-13-17(12-10-2,22-20-15(3,4)5)14(18)19-23-21-16(6,7)8/h9-13H2,1-8H3. The largest absolute Gasteiger partial charge is 0.380 e. The van der Waals surface area contributed by atoms with Gasteiger partial charge in [-0.2, -0.15) is 4.89 Å². The number of rotatable bonds is 10. The van der Waals surface area contributed by atoms with Gasteiger partial charge in [0.1, 0.15) is 0 Å². The van der Waals surface area contributed by atoms with Crippen molar-refractivity contribution in [3.63, 3.8) is 0 Å². The summed E-state index contributed by atoms with van der Waals surface area (Å²) in [7, 11) is 0. The maximum absolute atomic E-state index is 12.5. The van der Waals surface area contributed by atoms with E-state index in [9.17, 15) is 4.79 Å². The van der Waals surface area contributed by atoms with Crippen molar-refractivity contribution < 1.29 is 29.4 Å². The summed E-state index contributed by atoms with van der Waals surface area (Å²) in [6, 6.07) is 0. The molecule has 6 heteroatoms. The molecule has 0 spiro atoms. The van der Waals surface area contributed by atoms with E-state index >= 15 is 0 Å². The van der Waals surface area contributed by atoms with Gasteiger partial charge in [-0.3, -0.25) is 4.89 Å². The van der Waals surface area contributed by atoms with Gasteiger partial charge in [-0.05, 0) is 59.4 Å². The van der Waals surface area contributed by atoms with E-state index in [1.54, 1.807) is 20.8 Å². The molecule has 0 aliphatic carbocycles. The molecule has 0 aromatic rings. The van der Waals surface area contributed by atoms with Gasteiger partial charge in [0.2, 0.25) is 5.60 Å². The Kier molecular flexibility index (Phi) is 9.28. The number of hydrogen-bond donors (Lipinski definition) is 0. The van der Waals surface area contributed by atoms with Crippen LogP contribution in [0, 0.1) is 0 Å². The van der Waals surface area contributed by atoms with E-state index < -0.39 is 22.8 Å². The van der Waals surface area contributed by atoms with Crippen LogP contribution in [0.25, 0.3) is 0 Å². The second-order valence-corrected chi connectivity index (χ2v) is 7.76. The number of hydrogen-bond acceptors (Lipinski definition) is 6. The fraction of sp³-hybridized carbons (Fsp3) is 0.941. The van der Waals surface area contributed by atoms with Crippen LogP contribution in [0.2, 0.25) is 0 Å². The summed E-state index contributed by atoms with van der Waals surface area (Å²) < 4.78 is 0. The third-order valence-electron chi connectivity index (χ3n) is 2.80. The predicted molar refractivity (Wildman–Crippen MR) is 87.1 cm³/mol. The highest BCUT2D eigenvalue weighted by atomic mass is 17.5. The van der Waals surface area contributed by atoms with Crippen LogP contribution in [-0.2, 0) is 29.4 Å². The average molecular weight is 334 g/mol. The van der Waals surface area contributed by atoms with Crippen LogP contribution in [0.15, 0.2) is 0 Å². The minimum Gasteiger partial charge on any atom is -0.265 e. The van der Waals surface area contributed by atoms with E-state index in [4.69, 9.17) is 19.6 Å². The smallest absolute Gasteiger partial charge is 0.265 e. The molecule has 0 aromatic heterocycles. The quantitative estimate of drug-likeness (QED) is 0.427. The highest BCUT2D eigenvalue weighted by Gasteiger charge is 2.44. The molecule has 0 aliphatic rings. The molecule has 138 valence electrons. The second-order valence-electron chi connectivity index (χ2n) is 7.76.